The van der Waals surface area contributed by atoms with Crippen LogP contribution in [-0.2, 0) is 0 Å². The quantitative estimate of drug-likeness (QED) is 0.435. The number of nitro groups is 1. The van der Waals surface area contributed by atoms with Crippen molar-refractivity contribution in [2.24, 2.45) is 0 Å². The average molecular weight is 155 g/mol. The van der Waals surface area contributed by atoms with E-state index in [4.69, 9.17) is 5.73 Å². The topological polar surface area (TPSA) is 102 Å². The van der Waals surface area contributed by atoms with Crippen LogP contribution in [0.2, 0.25) is 0 Å². The summed E-state index contributed by atoms with van der Waals surface area (Å²) in [5, 5.41) is 10.1. The van der Waals surface area contributed by atoms with Crippen molar-refractivity contribution in [3.63, 3.8) is 0 Å². The van der Waals surface area contributed by atoms with Gasteiger partial charge in [0.1, 0.15) is 5.69 Å². The SMILES string of the molecule is Nc1cc([N+](=O)[O-])c[nH]c1=O. The summed E-state index contributed by atoms with van der Waals surface area (Å²) in [5.74, 6) is 0. The van der Waals surface area contributed by atoms with Crippen molar-refractivity contribution in [3.05, 3.63) is 32.7 Å². The number of nitrogens with one attached hydrogen (secondary N) is 1. The molecule has 1 aromatic rings. The highest BCUT2D eigenvalue weighted by molar-refractivity contribution is 5.43. The first-order chi connectivity index (χ1) is 5.11. The van der Waals surface area contributed by atoms with E-state index in [0.717, 1.165) is 12.3 Å². The predicted octanol–water partition coefficient (Wildman–Crippen LogP) is -0.135. The lowest BCUT2D eigenvalue weighted by molar-refractivity contribution is -0.385. The molecular weight excluding hydrogens is 150 g/mol. The summed E-state index contributed by atoms with van der Waals surface area (Å²) >= 11 is 0. The number of aromatic nitrogens is 1. The van der Waals surface area contributed by atoms with E-state index in [1.54, 1.807) is 0 Å². The highest BCUT2D eigenvalue weighted by atomic mass is 16.6. The Labute approximate surface area is 60.8 Å². The Morgan fingerprint density at radius 2 is 2.27 bits per heavy atom. The second-order valence-corrected chi connectivity index (χ2v) is 1.90. The van der Waals surface area contributed by atoms with Crippen LogP contribution in [0.4, 0.5) is 11.4 Å². The molecule has 0 aromatic carbocycles. The minimum atomic E-state index is -0.633. The number of anilines is 1. The molecule has 0 fully saturated rings. The van der Waals surface area contributed by atoms with Gasteiger partial charge in [-0.25, -0.2) is 0 Å². The average Bonchev–Trinajstić information content (AvgIpc) is 1.94. The highest BCUT2D eigenvalue weighted by Crippen LogP contribution is 2.08. The third-order valence-corrected chi connectivity index (χ3v) is 1.13. The molecule has 0 radical (unpaired) electrons. The number of nitrogen functional groups attached to an aromatic ring is 1. The number of nitrogens with two attached hydrogens (primary N) is 1. The van der Waals surface area contributed by atoms with Crippen molar-refractivity contribution >= 4 is 11.4 Å². The summed E-state index contributed by atoms with van der Waals surface area (Å²) in [6.45, 7) is 0. The molecular formula is C5H5N3O3. The van der Waals surface area contributed by atoms with Crippen LogP contribution in [0.1, 0.15) is 0 Å². The molecule has 6 heteroatoms. The smallest absolute Gasteiger partial charge is 0.287 e. The lowest BCUT2D eigenvalue weighted by atomic mass is 10.4. The Morgan fingerprint density at radius 1 is 1.64 bits per heavy atom. The summed E-state index contributed by atoms with van der Waals surface area (Å²) in [6.07, 6.45) is 0.999. The first kappa shape index (κ1) is 7.26. The van der Waals surface area contributed by atoms with E-state index in [1.165, 1.54) is 0 Å². The van der Waals surface area contributed by atoms with E-state index in [9.17, 15) is 14.9 Å². The molecule has 0 spiro atoms. The second-order valence-electron chi connectivity index (χ2n) is 1.90. The standard InChI is InChI=1S/C5H5N3O3/c6-4-1-3(8(10)11)2-7-5(4)9/h1-2H,6H2,(H,7,9). The van der Waals surface area contributed by atoms with Gasteiger partial charge < -0.3 is 10.7 Å². The summed E-state index contributed by atoms with van der Waals surface area (Å²) < 4.78 is 0. The molecule has 3 N–H and O–H groups in total. The van der Waals surface area contributed by atoms with Crippen molar-refractivity contribution in [3.8, 4) is 0 Å². The first-order valence-electron chi connectivity index (χ1n) is 2.74. The number of hydrogen-bond acceptors (Lipinski definition) is 4. The van der Waals surface area contributed by atoms with Crippen LogP contribution in [0.5, 0.6) is 0 Å². The van der Waals surface area contributed by atoms with E-state index >= 15 is 0 Å². The van der Waals surface area contributed by atoms with Crippen LogP contribution < -0.4 is 11.3 Å². The second kappa shape index (κ2) is 2.41. The van der Waals surface area contributed by atoms with Crippen LogP contribution >= 0.6 is 0 Å². The number of pyridine rings is 1. The lowest BCUT2D eigenvalue weighted by Gasteiger charge is -1.90. The van der Waals surface area contributed by atoms with Gasteiger partial charge in [0, 0.05) is 6.07 Å². The molecule has 0 aliphatic carbocycles. The van der Waals surface area contributed by atoms with Crippen LogP contribution in [0.3, 0.4) is 0 Å². The zero-order valence-electron chi connectivity index (χ0n) is 5.40. The van der Waals surface area contributed by atoms with Crippen LogP contribution in [0.15, 0.2) is 17.1 Å². The Bertz CT molecular complexity index is 343. The molecule has 0 unspecified atom stereocenters. The van der Waals surface area contributed by atoms with E-state index in [1.807, 2.05) is 0 Å². The summed E-state index contributed by atoms with van der Waals surface area (Å²) in [5.41, 5.74) is 4.22. The van der Waals surface area contributed by atoms with Crippen molar-refractivity contribution in [1.82, 2.24) is 4.98 Å². The fraction of sp³-hybridized carbons (Fsp3) is 0. The molecule has 0 atom stereocenters. The molecule has 0 saturated heterocycles. The fourth-order valence-corrected chi connectivity index (χ4v) is 0.595. The van der Waals surface area contributed by atoms with Gasteiger partial charge in [0.2, 0.25) is 0 Å². The van der Waals surface area contributed by atoms with E-state index < -0.39 is 10.5 Å². The zero-order valence-corrected chi connectivity index (χ0v) is 5.40. The molecule has 0 aliphatic rings. The third kappa shape index (κ3) is 1.34. The van der Waals surface area contributed by atoms with Gasteiger partial charge in [-0.3, -0.25) is 14.9 Å². The molecule has 58 valence electrons. The number of H-pyrrole nitrogens is 1. The molecule has 1 heterocycles. The molecule has 0 bridgehead atoms. The predicted molar refractivity (Wildman–Crippen MR) is 38.1 cm³/mol. The maximum absolute atomic E-state index is 10.6. The van der Waals surface area contributed by atoms with Gasteiger partial charge in [0.15, 0.2) is 0 Å². The van der Waals surface area contributed by atoms with Gasteiger partial charge in [-0.1, -0.05) is 0 Å². The minimum absolute atomic E-state index is 0.154. The van der Waals surface area contributed by atoms with Crippen LogP contribution in [0.25, 0.3) is 0 Å². The number of hydrogen-bond donors (Lipinski definition) is 2. The Kier molecular flexibility index (Phi) is 1.59. The fourth-order valence-electron chi connectivity index (χ4n) is 0.595. The maximum atomic E-state index is 10.6. The molecule has 0 saturated carbocycles. The van der Waals surface area contributed by atoms with Gasteiger partial charge in [0.25, 0.3) is 11.2 Å². The molecule has 0 aliphatic heterocycles. The number of aromatic amines is 1. The third-order valence-electron chi connectivity index (χ3n) is 1.13. The van der Waals surface area contributed by atoms with Crippen molar-refractivity contribution in [2.45, 2.75) is 0 Å². The van der Waals surface area contributed by atoms with Crippen LogP contribution in [-0.4, -0.2) is 9.91 Å². The van der Waals surface area contributed by atoms with E-state index in [0.29, 0.717) is 0 Å². The number of nitrogens with zero attached hydrogens (tertiary/aromatic N) is 1. The zero-order chi connectivity index (χ0) is 8.43. The van der Waals surface area contributed by atoms with Gasteiger partial charge in [-0.15, -0.1) is 0 Å². The van der Waals surface area contributed by atoms with Crippen molar-refractivity contribution < 1.29 is 4.92 Å². The van der Waals surface area contributed by atoms with E-state index in [2.05, 4.69) is 4.98 Å². The minimum Gasteiger partial charge on any atom is -0.394 e. The number of rotatable bonds is 1. The van der Waals surface area contributed by atoms with Gasteiger partial charge >= 0.3 is 0 Å². The summed E-state index contributed by atoms with van der Waals surface area (Å²) in [4.78, 5) is 22.2. The Hall–Kier alpha value is -1.85. The van der Waals surface area contributed by atoms with E-state index in [-0.39, 0.29) is 11.4 Å². The summed E-state index contributed by atoms with van der Waals surface area (Å²) in [6, 6.07) is 1.01. The van der Waals surface area contributed by atoms with Gasteiger partial charge in [0.05, 0.1) is 11.1 Å². The lowest BCUT2D eigenvalue weighted by Crippen LogP contribution is -2.11. The van der Waals surface area contributed by atoms with Crippen molar-refractivity contribution in [2.75, 3.05) is 5.73 Å². The first-order valence-corrected chi connectivity index (χ1v) is 2.74. The Balaban J connectivity index is 3.26. The van der Waals surface area contributed by atoms with Crippen molar-refractivity contribution in [1.29, 1.82) is 0 Å². The van der Waals surface area contributed by atoms with Gasteiger partial charge in [-0.2, -0.15) is 0 Å². The normalized spacial score (nSPS) is 9.45. The summed E-state index contributed by atoms with van der Waals surface area (Å²) in [7, 11) is 0. The monoisotopic (exact) mass is 155 g/mol. The largest absolute Gasteiger partial charge is 0.394 e. The maximum Gasteiger partial charge on any atom is 0.287 e. The molecule has 1 aromatic heterocycles. The van der Waals surface area contributed by atoms with Crippen LogP contribution in [0, 0.1) is 10.1 Å². The Morgan fingerprint density at radius 3 is 2.73 bits per heavy atom. The highest BCUT2D eigenvalue weighted by Gasteiger charge is 2.05. The molecule has 11 heavy (non-hydrogen) atoms. The molecule has 6 nitrogen and oxygen atoms in total. The van der Waals surface area contributed by atoms with Gasteiger partial charge in [-0.05, 0) is 0 Å². The molecule has 0 amide bonds. The molecule has 1 rings (SSSR count).